The van der Waals surface area contributed by atoms with Crippen LogP contribution in [0.4, 0.5) is 0 Å². The summed E-state index contributed by atoms with van der Waals surface area (Å²) in [6.07, 6.45) is 12.3. The highest BCUT2D eigenvalue weighted by Gasteiger charge is 2.59. The lowest BCUT2D eigenvalue weighted by Gasteiger charge is -2.58. The van der Waals surface area contributed by atoms with Crippen molar-refractivity contribution in [3.8, 4) is 0 Å². The van der Waals surface area contributed by atoms with E-state index in [0.717, 1.165) is 64.2 Å². The van der Waals surface area contributed by atoms with Crippen molar-refractivity contribution >= 4 is 0 Å². The third kappa shape index (κ3) is 2.35. The molecule has 0 unspecified atom stereocenters. The van der Waals surface area contributed by atoms with Crippen molar-refractivity contribution in [3.63, 3.8) is 0 Å². The first-order valence-electron chi connectivity index (χ1n) is 8.48. The first kappa shape index (κ1) is 15.3. The average molecular weight is 268 g/mol. The van der Waals surface area contributed by atoms with Crippen LogP contribution in [0, 0.1) is 5.41 Å². The number of hydrogen-bond acceptors (Lipinski definition) is 2. The first-order chi connectivity index (χ1) is 9.04. The molecule has 0 aromatic rings. The molecular formula is C17H32O2. The maximum atomic E-state index is 11.3. The molecule has 0 spiro atoms. The monoisotopic (exact) mass is 268 g/mol. The summed E-state index contributed by atoms with van der Waals surface area (Å²) in [5.41, 5.74) is -1.57. The van der Waals surface area contributed by atoms with Crippen molar-refractivity contribution in [1.82, 2.24) is 0 Å². The average Bonchev–Trinajstić information content (AvgIpc) is 2.41. The zero-order chi connectivity index (χ0) is 14.0. The number of aliphatic hydroxyl groups is 2. The van der Waals surface area contributed by atoms with Crippen molar-refractivity contribution in [2.75, 3.05) is 0 Å². The molecule has 2 aliphatic carbocycles. The lowest BCUT2D eigenvalue weighted by molar-refractivity contribution is -0.223. The fraction of sp³-hybridized carbons (Fsp3) is 1.00. The molecule has 2 heteroatoms. The van der Waals surface area contributed by atoms with Gasteiger partial charge >= 0.3 is 0 Å². The van der Waals surface area contributed by atoms with Crippen LogP contribution in [0.5, 0.6) is 0 Å². The van der Waals surface area contributed by atoms with Crippen molar-refractivity contribution in [1.29, 1.82) is 0 Å². The van der Waals surface area contributed by atoms with Gasteiger partial charge in [-0.1, -0.05) is 52.4 Å². The Morgan fingerprint density at radius 2 is 1.00 bits per heavy atom. The zero-order valence-corrected chi connectivity index (χ0v) is 12.9. The van der Waals surface area contributed by atoms with Gasteiger partial charge in [0.25, 0.3) is 0 Å². The molecule has 0 aromatic carbocycles. The van der Waals surface area contributed by atoms with Gasteiger partial charge in [0.2, 0.25) is 0 Å². The van der Waals surface area contributed by atoms with E-state index in [1.807, 2.05) is 0 Å². The molecule has 2 fully saturated rings. The zero-order valence-electron chi connectivity index (χ0n) is 12.9. The Morgan fingerprint density at radius 1 is 0.684 bits per heavy atom. The smallest absolute Gasteiger partial charge is 0.0731 e. The Kier molecular flexibility index (Phi) is 4.62. The highest BCUT2D eigenvalue weighted by Crippen LogP contribution is 2.57. The lowest BCUT2D eigenvalue weighted by Crippen LogP contribution is -2.62. The normalized spacial score (nSPS) is 27.2. The number of hydrogen-bond donors (Lipinski definition) is 2. The van der Waals surface area contributed by atoms with Gasteiger partial charge in [-0.05, 0) is 38.5 Å². The second-order valence-corrected chi connectivity index (χ2v) is 6.97. The van der Waals surface area contributed by atoms with Crippen LogP contribution in [0.1, 0.15) is 90.9 Å². The highest BCUT2D eigenvalue weighted by atomic mass is 16.3. The minimum Gasteiger partial charge on any atom is -0.389 e. The van der Waals surface area contributed by atoms with Gasteiger partial charge < -0.3 is 10.2 Å². The topological polar surface area (TPSA) is 40.5 Å². The maximum absolute atomic E-state index is 11.3. The Hall–Kier alpha value is -0.0800. The van der Waals surface area contributed by atoms with Crippen LogP contribution in [0.25, 0.3) is 0 Å². The second-order valence-electron chi connectivity index (χ2n) is 6.97. The Bertz CT molecular complexity index is 256. The molecule has 0 atom stereocenters. The summed E-state index contributed by atoms with van der Waals surface area (Å²) in [6, 6.07) is 0. The summed E-state index contributed by atoms with van der Waals surface area (Å²) in [5, 5.41) is 22.7. The van der Waals surface area contributed by atoms with Crippen molar-refractivity contribution in [3.05, 3.63) is 0 Å². The van der Waals surface area contributed by atoms with Gasteiger partial charge in [0, 0.05) is 5.41 Å². The lowest BCUT2D eigenvalue weighted by atomic mass is 9.51. The summed E-state index contributed by atoms with van der Waals surface area (Å²) >= 11 is 0. The summed E-state index contributed by atoms with van der Waals surface area (Å²) in [4.78, 5) is 0. The van der Waals surface area contributed by atoms with Gasteiger partial charge in [-0.15, -0.1) is 0 Å². The molecule has 0 saturated heterocycles. The molecule has 0 heterocycles. The molecule has 2 saturated carbocycles. The predicted molar refractivity (Wildman–Crippen MR) is 79.1 cm³/mol. The first-order valence-corrected chi connectivity index (χ1v) is 8.48. The van der Waals surface area contributed by atoms with E-state index in [-0.39, 0.29) is 5.41 Å². The molecular weight excluding hydrogens is 236 g/mol. The van der Waals surface area contributed by atoms with Crippen molar-refractivity contribution in [2.24, 2.45) is 5.41 Å². The molecule has 2 nitrogen and oxygen atoms in total. The van der Waals surface area contributed by atoms with Gasteiger partial charge in [0.15, 0.2) is 0 Å². The van der Waals surface area contributed by atoms with E-state index in [0.29, 0.717) is 0 Å². The van der Waals surface area contributed by atoms with Crippen LogP contribution >= 0.6 is 0 Å². The molecule has 0 aromatic heterocycles. The standard InChI is InChI=1S/C17H32O2/c1-3-15(4-2,16(18)11-7-5-8-12-16)17(19)13-9-6-10-14-17/h18-19H,3-14H2,1-2H3. The van der Waals surface area contributed by atoms with Gasteiger partial charge in [-0.3, -0.25) is 0 Å². The van der Waals surface area contributed by atoms with Gasteiger partial charge in [0.05, 0.1) is 11.2 Å². The van der Waals surface area contributed by atoms with Crippen LogP contribution in [0.15, 0.2) is 0 Å². The Balaban J connectivity index is 2.35. The van der Waals surface area contributed by atoms with Crippen LogP contribution in [0.2, 0.25) is 0 Å². The maximum Gasteiger partial charge on any atom is 0.0731 e. The third-order valence-corrected chi connectivity index (χ3v) is 6.35. The second kappa shape index (κ2) is 5.73. The highest BCUT2D eigenvalue weighted by molar-refractivity contribution is 5.10. The summed E-state index contributed by atoms with van der Waals surface area (Å²) in [5.74, 6) is 0. The minimum atomic E-state index is -0.638. The summed E-state index contributed by atoms with van der Waals surface area (Å²) in [7, 11) is 0. The Morgan fingerprint density at radius 3 is 1.26 bits per heavy atom. The molecule has 2 N–H and O–H groups in total. The van der Waals surface area contributed by atoms with Crippen LogP contribution in [-0.2, 0) is 0 Å². The SMILES string of the molecule is CCC(CC)(C1(O)CCCCC1)C1(O)CCCCC1. The molecule has 112 valence electrons. The van der Waals surface area contributed by atoms with Crippen LogP contribution < -0.4 is 0 Å². The quantitative estimate of drug-likeness (QED) is 0.803. The van der Waals surface area contributed by atoms with E-state index >= 15 is 0 Å². The van der Waals surface area contributed by atoms with E-state index in [2.05, 4.69) is 13.8 Å². The minimum absolute atomic E-state index is 0.291. The van der Waals surface area contributed by atoms with E-state index in [1.165, 1.54) is 12.8 Å². The third-order valence-electron chi connectivity index (χ3n) is 6.35. The Labute approximate surface area is 118 Å². The van der Waals surface area contributed by atoms with E-state index < -0.39 is 11.2 Å². The molecule has 19 heavy (non-hydrogen) atoms. The molecule has 0 bridgehead atoms. The fourth-order valence-corrected chi connectivity index (χ4v) is 5.23. The molecule has 0 radical (unpaired) electrons. The molecule has 0 amide bonds. The predicted octanol–water partition coefficient (Wildman–Crippen LogP) is 4.18. The molecule has 0 aliphatic heterocycles. The van der Waals surface area contributed by atoms with E-state index in [1.54, 1.807) is 0 Å². The largest absolute Gasteiger partial charge is 0.389 e. The van der Waals surface area contributed by atoms with E-state index in [4.69, 9.17) is 0 Å². The molecule has 2 aliphatic rings. The van der Waals surface area contributed by atoms with Crippen LogP contribution in [0.3, 0.4) is 0 Å². The number of rotatable bonds is 4. The fourth-order valence-electron chi connectivity index (χ4n) is 5.23. The van der Waals surface area contributed by atoms with Crippen LogP contribution in [-0.4, -0.2) is 21.4 Å². The summed E-state index contributed by atoms with van der Waals surface area (Å²) < 4.78 is 0. The summed E-state index contributed by atoms with van der Waals surface area (Å²) in [6.45, 7) is 4.34. The van der Waals surface area contributed by atoms with Gasteiger partial charge in [-0.25, -0.2) is 0 Å². The van der Waals surface area contributed by atoms with Crippen molar-refractivity contribution < 1.29 is 10.2 Å². The van der Waals surface area contributed by atoms with Gasteiger partial charge in [0.1, 0.15) is 0 Å². The van der Waals surface area contributed by atoms with Crippen molar-refractivity contribution in [2.45, 2.75) is 102 Å². The molecule has 2 rings (SSSR count). The van der Waals surface area contributed by atoms with E-state index in [9.17, 15) is 10.2 Å². The van der Waals surface area contributed by atoms with Gasteiger partial charge in [-0.2, -0.15) is 0 Å².